The van der Waals surface area contributed by atoms with Crippen molar-refractivity contribution in [1.82, 2.24) is 4.98 Å². The van der Waals surface area contributed by atoms with Crippen molar-refractivity contribution in [2.24, 2.45) is 5.92 Å². The number of hydrogen-bond acceptors (Lipinski definition) is 5. The molecule has 0 aliphatic rings. The second-order valence-corrected chi connectivity index (χ2v) is 5.50. The van der Waals surface area contributed by atoms with E-state index in [-0.39, 0.29) is 12.0 Å². The van der Waals surface area contributed by atoms with E-state index in [1.807, 2.05) is 5.38 Å². The average molecular weight is 307 g/mol. The molecule has 0 aliphatic heterocycles. The monoisotopic (exact) mass is 306 g/mol. The number of carbonyl (C=O) groups is 1. The van der Waals surface area contributed by atoms with Gasteiger partial charge in [-0.2, -0.15) is 0 Å². The predicted molar refractivity (Wildman–Crippen MR) is 68.7 cm³/mol. The zero-order valence-corrected chi connectivity index (χ0v) is 11.9. The number of hydrogen-bond donors (Lipinski definition) is 1. The van der Waals surface area contributed by atoms with Crippen LogP contribution in [0.2, 0.25) is 0 Å². The molecule has 1 atom stereocenters. The molecule has 1 heterocycles. The Labute approximate surface area is 108 Å². The van der Waals surface area contributed by atoms with Gasteiger partial charge in [0.2, 0.25) is 0 Å². The Balaban J connectivity index is 2.66. The molecular weight excluding hydrogens is 292 g/mol. The van der Waals surface area contributed by atoms with Crippen molar-refractivity contribution in [3.63, 3.8) is 0 Å². The fraction of sp³-hybridized carbons (Fsp3) is 0.600. The lowest BCUT2D eigenvalue weighted by atomic mass is 10.0. The minimum Gasteiger partial charge on any atom is -0.467 e. The van der Waals surface area contributed by atoms with Gasteiger partial charge in [0.05, 0.1) is 7.11 Å². The second-order valence-electron chi connectivity index (χ2n) is 3.83. The fourth-order valence-corrected chi connectivity index (χ4v) is 2.50. The minimum absolute atomic E-state index is 0.250. The van der Waals surface area contributed by atoms with Gasteiger partial charge in [0, 0.05) is 5.38 Å². The molecule has 16 heavy (non-hydrogen) atoms. The number of anilines is 1. The van der Waals surface area contributed by atoms with E-state index < -0.39 is 0 Å². The molecule has 0 fully saturated rings. The van der Waals surface area contributed by atoms with Gasteiger partial charge in [-0.15, -0.1) is 11.3 Å². The lowest BCUT2D eigenvalue weighted by molar-refractivity contribution is -0.141. The predicted octanol–water partition coefficient (Wildman–Crippen LogP) is 2.91. The third-order valence-electron chi connectivity index (χ3n) is 1.97. The van der Waals surface area contributed by atoms with Gasteiger partial charge in [-0.1, -0.05) is 13.8 Å². The first-order valence-electron chi connectivity index (χ1n) is 4.98. The largest absolute Gasteiger partial charge is 0.467 e. The Kier molecular flexibility index (Phi) is 5.21. The normalized spacial score (nSPS) is 12.6. The highest BCUT2D eigenvalue weighted by Gasteiger charge is 2.21. The minimum atomic E-state index is -0.331. The van der Waals surface area contributed by atoms with Gasteiger partial charge >= 0.3 is 5.97 Å². The number of nitrogens with zero attached hydrogens (tertiary/aromatic N) is 1. The third kappa shape index (κ3) is 4.09. The van der Waals surface area contributed by atoms with Gasteiger partial charge in [-0.3, -0.25) is 0 Å². The maximum Gasteiger partial charge on any atom is 0.328 e. The number of methoxy groups -OCH3 is 1. The molecule has 6 heteroatoms. The summed E-state index contributed by atoms with van der Waals surface area (Å²) in [5.74, 6) is 0.167. The van der Waals surface area contributed by atoms with Crippen LogP contribution in [0, 0.1) is 5.92 Å². The number of rotatable bonds is 5. The fourth-order valence-electron chi connectivity index (χ4n) is 1.30. The van der Waals surface area contributed by atoms with Gasteiger partial charge < -0.3 is 10.1 Å². The van der Waals surface area contributed by atoms with E-state index in [9.17, 15) is 4.79 Å². The number of nitrogens with one attached hydrogen (secondary N) is 1. The van der Waals surface area contributed by atoms with Crippen molar-refractivity contribution >= 4 is 38.4 Å². The van der Waals surface area contributed by atoms with Gasteiger partial charge in [0.1, 0.15) is 10.6 Å². The van der Waals surface area contributed by atoms with Crippen LogP contribution in [-0.4, -0.2) is 24.1 Å². The van der Waals surface area contributed by atoms with Gasteiger partial charge in [0.15, 0.2) is 5.13 Å². The molecule has 0 amide bonds. The molecule has 4 nitrogen and oxygen atoms in total. The first-order valence-corrected chi connectivity index (χ1v) is 6.65. The first-order chi connectivity index (χ1) is 7.52. The lowest BCUT2D eigenvalue weighted by Crippen LogP contribution is -2.32. The summed E-state index contributed by atoms with van der Waals surface area (Å²) in [6.07, 6.45) is 0.726. The van der Waals surface area contributed by atoms with E-state index in [1.54, 1.807) is 0 Å². The molecule has 0 aromatic carbocycles. The summed E-state index contributed by atoms with van der Waals surface area (Å²) < 4.78 is 5.53. The highest BCUT2D eigenvalue weighted by atomic mass is 79.9. The molecule has 0 saturated heterocycles. The van der Waals surface area contributed by atoms with Crippen molar-refractivity contribution in [1.29, 1.82) is 0 Å². The van der Waals surface area contributed by atoms with Crippen molar-refractivity contribution < 1.29 is 9.53 Å². The van der Waals surface area contributed by atoms with Crippen LogP contribution in [0.25, 0.3) is 0 Å². The Morgan fingerprint density at radius 1 is 1.69 bits per heavy atom. The lowest BCUT2D eigenvalue weighted by Gasteiger charge is -2.17. The summed E-state index contributed by atoms with van der Waals surface area (Å²) >= 11 is 4.73. The van der Waals surface area contributed by atoms with Crippen molar-refractivity contribution in [2.75, 3.05) is 12.4 Å². The van der Waals surface area contributed by atoms with E-state index in [1.165, 1.54) is 18.4 Å². The maximum absolute atomic E-state index is 11.5. The van der Waals surface area contributed by atoms with Crippen molar-refractivity contribution in [2.45, 2.75) is 26.3 Å². The highest BCUT2D eigenvalue weighted by molar-refractivity contribution is 9.10. The zero-order chi connectivity index (χ0) is 12.1. The molecule has 0 bridgehead atoms. The van der Waals surface area contributed by atoms with E-state index in [0.29, 0.717) is 5.92 Å². The Bertz CT molecular complexity index is 354. The van der Waals surface area contributed by atoms with Crippen LogP contribution >= 0.6 is 27.3 Å². The number of thiazole rings is 1. The Hall–Kier alpha value is -0.620. The van der Waals surface area contributed by atoms with Gasteiger partial charge in [-0.05, 0) is 28.3 Å². The van der Waals surface area contributed by atoms with E-state index in [0.717, 1.165) is 16.2 Å². The Morgan fingerprint density at radius 3 is 2.81 bits per heavy atom. The third-order valence-corrected chi connectivity index (χ3v) is 3.45. The van der Waals surface area contributed by atoms with Gasteiger partial charge in [-0.25, -0.2) is 9.78 Å². The van der Waals surface area contributed by atoms with Crippen LogP contribution in [0.3, 0.4) is 0 Å². The average Bonchev–Trinajstić information content (AvgIpc) is 2.61. The summed E-state index contributed by atoms with van der Waals surface area (Å²) in [5.41, 5.74) is 0. The maximum atomic E-state index is 11.5. The molecule has 1 unspecified atom stereocenters. The number of carbonyl (C=O) groups excluding carboxylic acids is 1. The molecule has 0 aliphatic carbocycles. The van der Waals surface area contributed by atoms with Crippen molar-refractivity contribution in [3.8, 4) is 0 Å². The summed E-state index contributed by atoms with van der Waals surface area (Å²) in [7, 11) is 1.40. The van der Waals surface area contributed by atoms with Crippen LogP contribution < -0.4 is 5.32 Å². The first kappa shape index (κ1) is 13.4. The molecule has 1 rings (SSSR count). The number of halogens is 1. The van der Waals surface area contributed by atoms with Crippen LogP contribution in [0.15, 0.2) is 9.98 Å². The zero-order valence-electron chi connectivity index (χ0n) is 9.49. The second kappa shape index (κ2) is 6.20. The summed E-state index contributed by atoms with van der Waals surface area (Å²) in [4.78, 5) is 15.7. The quantitative estimate of drug-likeness (QED) is 0.850. The van der Waals surface area contributed by atoms with Crippen LogP contribution in [-0.2, 0) is 9.53 Å². The number of ether oxygens (including phenoxy) is 1. The smallest absolute Gasteiger partial charge is 0.328 e. The summed E-state index contributed by atoms with van der Waals surface area (Å²) in [6.45, 7) is 4.13. The Morgan fingerprint density at radius 2 is 2.38 bits per heavy atom. The van der Waals surface area contributed by atoms with Crippen molar-refractivity contribution in [3.05, 3.63) is 9.98 Å². The van der Waals surface area contributed by atoms with E-state index in [2.05, 4.69) is 40.1 Å². The standard InChI is InChI=1S/C10H15BrN2O2S/c1-6(2)4-7(9(14)15-3)12-10-13-8(11)5-16-10/h5-7H,4H2,1-3H3,(H,12,13). The molecular formula is C10H15BrN2O2S. The van der Waals surface area contributed by atoms with Crippen LogP contribution in [0.5, 0.6) is 0 Å². The summed E-state index contributed by atoms with van der Waals surface area (Å²) in [5, 5.41) is 5.68. The summed E-state index contributed by atoms with van der Waals surface area (Å²) in [6, 6.07) is -0.331. The van der Waals surface area contributed by atoms with Gasteiger partial charge in [0.25, 0.3) is 0 Å². The van der Waals surface area contributed by atoms with E-state index >= 15 is 0 Å². The molecule has 1 aromatic rings. The van der Waals surface area contributed by atoms with E-state index in [4.69, 9.17) is 4.74 Å². The molecule has 0 spiro atoms. The number of aromatic nitrogens is 1. The van der Waals surface area contributed by atoms with Crippen LogP contribution in [0.1, 0.15) is 20.3 Å². The highest BCUT2D eigenvalue weighted by Crippen LogP contribution is 2.21. The topological polar surface area (TPSA) is 51.2 Å². The molecule has 1 N–H and O–H groups in total. The molecule has 90 valence electrons. The molecule has 0 saturated carbocycles. The molecule has 1 aromatic heterocycles. The van der Waals surface area contributed by atoms with Crippen LogP contribution in [0.4, 0.5) is 5.13 Å². The number of esters is 1. The molecule has 0 radical (unpaired) electrons. The SMILES string of the molecule is COC(=O)C(CC(C)C)Nc1nc(Br)cs1.